The number of fused-ring (bicyclic) bond motifs is 1. The van der Waals surface area contributed by atoms with E-state index in [2.05, 4.69) is 5.32 Å². The molecule has 2 N–H and O–H groups in total. The number of phenols is 1. The van der Waals surface area contributed by atoms with Crippen LogP contribution >= 0.6 is 0 Å². The fraction of sp³-hybridized carbons (Fsp3) is 0.111. The van der Waals surface area contributed by atoms with Crippen LogP contribution in [0.1, 0.15) is 18.5 Å². The Labute approximate surface area is 122 Å². The van der Waals surface area contributed by atoms with Crippen LogP contribution in [-0.4, -0.2) is 5.11 Å². The largest absolute Gasteiger partial charge is 0.508 e. The zero-order valence-corrected chi connectivity index (χ0v) is 11.7. The van der Waals surface area contributed by atoms with Crippen molar-refractivity contribution in [2.75, 3.05) is 5.32 Å². The third-order valence-electron chi connectivity index (χ3n) is 3.62. The summed E-state index contributed by atoms with van der Waals surface area (Å²) >= 11 is 0. The van der Waals surface area contributed by atoms with Crippen molar-refractivity contribution in [3.63, 3.8) is 0 Å². The number of nitrogens with one attached hydrogen (secondary N) is 1. The summed E-state index contributed by atoms with van der Waals surface area (Å²) in [7, 11) is 0. The minimum Gasteiger partial charge on any atom is -0.508 e. The van der Waals surface area contributed by atoms with Crippen molar-refractivity contribution in [3.05, 3.63) is 72.0 Å². The molecule has 0 bridgehead atoms. The van der Waals surface area contributed by atoms with Gasteiger partial charge in [0.15, 0.2) is 0 Å². The van der Waals surface area contributed by atoms with Crippen LogP contribution in [0.2, 0.25) is 0 Å². The van der Waals surface area contributed by atoms with E-state index < -0.39 is 0 Å². The van der Waals surface area contributed by atoms with E-state index in [-0.39, 0.29) is 17.6 Å². The number of aromatic hydroxyl groups is 1. The molecule has 0 fully saturated rings. The van der Waals surface area contributed by atoms with E-state index in [1.165, 1.54) is 18.2 Å². The molecule has 0 aromatic heterocycles. The Hall–Kier alpha value is -2.55. The summed E-state index contributed by atoms with van der Waals surface area (Å²) in [5.41, 5.74) is 1.51. The van der Waals surface area contributed by atoms with Crippen LogP contribution < -0.4 is 5.32 Å². The number of benzene rings is 3. The topological polar surface area (TPSA) is 32.3 Å². The lowest BCUT2D eigenvalue weighted by Gasteiger charge is -2.18. The molecule has 3 heteroatoms. The summed E-state index contributed by atoms with van der Waals surface area (Å²) in [5, 5.41) is 15.5. The summed E-state index contributed by atoms with van der Waals surface area (Å²) in [6.45, 7) is 1.90. The normalized spacial score (nSPS) is 12.3. The molecular formula is C18H16FNO. The van der Waals surface area contributed by atoms with Crippen molar-refractivity contribution in [1.29, 1.82) is 0 Å². The third-order valence-corrected chi connectivity index (χ3v) is 3.62. The number of phenolic OH excluding ortho intramolecular Hbond substituents is 1. The molecule has 0 aliphatic rings. The lowest BCUT2D eigenvalue weighted by atomic mass is 10.0. The molecule has 0 saturated heterocycles. The van der Waals surface area contributed by atoms with Gasteiger partial charge in [0, 0.05) is 16.6 Å². The maximum atomic E-state index is 13.4. The maximum Gasteiger partial charge on any atom is 0.123 e. The van der Waals surface area contributed by atoms with Crippen molar-refractivity contribution < 1.29 is 9.50 Å². The minimum atomic E-state index is -0.352. The molecule has 0 radical (unpaired) electrons. The van der Waals surface area contributed by atoms with E-state index in [9.17, 15) is 9.50 Å². The summed E-state index contributed by atoms with van der Waals surface area (Å²) < 4.78 is 13.4. The molecule has 3 rings (SSSR count). The molecule has 0 aliphatic heterocycles. The van der Waals surface area contributed by atoms with Crippen molar-refractivity contribution in [3.8, 4) is 5.75 Å². The van der Waals surface area contributed by atoms with Gasteiger partial charge in [0.2, 0.25) is 0 Å². The Morgan fingerprint density at radius 1 is 1.00 bits per heavy atom. The van der Waals surface area contributed by atoms with E-state index in [1.807, 2.05) is 49.4 Å². The van der Waals surface area contributed by atoms with Gasteiger partial charge in [-0.1, -0.05) is 36.4 Å². The van der Waals surface area contributed by atoms with Gasteiger partial charge in [-0.05, 0) is 36.6 Å². The highest BCUT2D eigenvalue weighted by atomic mass is 19.1. The highest BCUT2D eigenvalue weighted by Crippen LogP contribution is 2.30. The van der Waals surface area contributed by atoms with Crippen molar-refractivity contribution in [2.45, 2.75) is 13.0 Å². The molecular weight excluding hydrogens is 265 g/mol. The van der Waals surface area contributed by atoms with Crippen LogP contribution in [0, 0.1) is 5.82 Å². The van der Waals surface area contributed by atoms with Gasteiger partial charge in [0.1, 0.15) is 11.6 Å². The molecule has 106 valence electrons. The Morgan fingerprint density at radius 2 is 1.76 bits per heavy atom. The summed E-state index contributed by atoms with van der Waals surface area (Å²) in [6.07, 6.45) is 0. The minimum absolute atomic E-state index is 0.0941. The second-order valence-corrected chi connectivity index (χ2v) is 5.10. The lowest BCUT2D eigenvalue weighted by molar-refractivity contribution is 0.462. The van der Waals surface area contributed by atoms with E-state index >= 15 is 0 Å². The molecule has 0 aliphatic carbocycles. The molecule has 3 aromatic rings. The van der Waals surface area contributed by atoms with Crippen LogP contribution in [0.25, 0.3) is 10.8 Å². The summed E-state index contributed by atoms with van der Waals surface area (Å²) in [5.74, 6) is -0.258. The molecule has 0 amide bonds. The lowest BCUT2D eigenvalue weighted by Crippen LogP contribution is -2.07. The molecule has 1 atom stereocenters. The zero-order valence-electron chi connectivity index (χ0n) is 11.7. The smallest absolute Gasteiger partial charge is 0.123 e. The fourth-order valence-electron chi connectivity index (χ4n) is 2.53. The van der Waals surface area contributed by atoms with Crippen LogP contribution in [0.3, 0.4) is 0 Å². The SMILES string of the molecule is CC(Nc1cccc2ccccc12)c1cc(F)ccc1O. The summed E-state index contributed by atoms with van der Waals surface area (Å²) in [6, 6.07) is 17.9. The monoisotopic (exact) mass is 281 g/mol. The van der Waals surface area contributed by atoms with Gasteiger partial charge in [0.25, 0.3) is 0 Å². The zero-order chi connectivity index (χ0) is 14.8. The average molecular weight is 281 g/mol. The number of hydrogen-bond acceptors (Lipinski definition) is 2. The van der Waals surface area contributed by atoms with Gasteiger partial charge in [0.05, 0.1) is 6.04 Å². The van der Waals surface area contributed by atoms with Crippen LogP contribution in [0.4, 0.5) is 10.1 Å². The van der Waals surface area contributed by atoms with Gasteiger partial charge >= 0.3 is 0 Å². The highest BCUT2D eigenvalue weighted by molar-refractivity contribution is 5.93. The van der Waals surface area contributed by atoms with E-state index in [4.69, 9.17) is 0 Å². The fourth-order valence-corrected chi connectivity index (χ4v) is 2.53. The standard InChI is InChI=1S/C18H16FNO/c1-12(16-11-14(19)9-10-18(16)21)20-17-8-4-6-13-5-2-3-7-15(13)17/h2-12,20-21H,1H3. The van der Waals surface area contributed by atoms with Gasteiger partial charge < -0.3 is 10.4 Å². The van der Waals surface area contributed by atoms with Gasteiger partial charge in [-0.3, -0.25) is 0 Å². The predicted molar refractivity (Wildman–Crippen MR) is 84.1 cm³/mol. The van der Waals surface area contributed by atoms with Crippen LogP contribution in [-0.2, 0) is 0 Å². The Morgan fingerprint density at radius 3 is 2.62 bits per heavy atom. The Balaban J connectivity index is 1.96. The molecule has 0 spiro atoms. The Kier molecular flexibility index (Phi) is 3.48. The number of hydrogen-bond donors (Lipinski definition) is 2. The van der Waals surface area contributed by atoms with Crippen LogP contribution in [0.5, 0.6) is 5.75 Å². The second-order valence-electron chi connectivity index (χ2n) is 5.10. The van der Waals surface area contributed by atoms with Gasteiger partial charge in [-0.25, -0.2) is 4.39 Å². The van der Waals surface area contributed by atoms with Gasteiger partial charge in [-0.2, -0.15) is 0 Å². The van der Waals surface area contributed by atoms with Gasteiger partial charge in [-0.15, -0.1) is 0 Å². The quantitative estimate of drug-likeness (QED) is 0.718. The van der Waals surface area contributed by atoms with Crippen molar-refractivity contribution in [2.24, 2.45) is 0 Å². The molecule has 0 saturated carbocycles. The predicted octanol–water partition coefficient (Wildman–Crippen LogP) is 4.86. The second kappa shape index (κ2) is 5.44. The highest BCUT2D eigenvalue weighted by Gasteiger charge is 2.12. The maximum absolute atomic E-state index is 13.4. The number of halogens is 1. The summed E-state index contributed by atoms with van der Waals surface area (Å²) in [4.78, 5) is 0. The van der Waals surface area contributed by atoms with E-state index in [0.717, 1.165) is 16.5 Å². The number of rotatable bonds is 3. The molecule has 3 aromatic carbocycles. The third kappa shape index (κ3) is 2.68. The first-order chi connectivity index (χ1) is 10.1. The first kappa shape index (κ1) is 13.4. The van der Waals surface area contributed by atoms with Crippen molar-refractivity contribution in [1.82, 2.24) is 0 Å². The van der Waals surface area contributed by atoms with E-state index in [1.54, 1.807) is 0 Å². The first-order valence-corrected chi connectivity index (χ1v) is 6.88. The number of anilines is 1. The molecule has 0 heterocycles. The van der Waals surface area contributed by atoms with E-state index in [0.29, 0.717) is 5.56 Å². The molecule has 2 nitrogen and oxygen atoms in total. The molecule has 1 unspecified atom stereocenters. The first-order valence-electron chi connectivity index (χ1n) is 6.88. The van der Waals surface area contributed by atoms with Crippen molar-refractivity contribution >= 4 is 16.5 Å². The van der Waals surface area contributed by atoms with Crippen LogP contribution in [0.15, 0.2) is 60.7 Å². The molecule has 21 heavy (non-hydrogen) atoms. The average Bonchev–Trinajstić information content (AvgIpc) is 2.50. The Bertz CT molecular complexity index is 780.